The number of carbonyl (C=O) groups excluding carboxylic acids is 1. The van der Waals surface area contributed by atoms with Gasteiger partial charge >= 0.3 is 0 Å². The van der Waals surface area contributed by atoms with E-state index >= 15 is 0 Å². The molecule has 30 heavy (non-hydrogen) atoms. The van der Waals surface area contributed by atoms with Crippen molar-refractivity contribution in [3.05, 3.63) is 59.4 Å². The van der Waals surface area contributed by atoms with Crippen LogP contribution in [0.5, 0.6) is 5.75 Å². The number of benzene rings is 2. The lowest BCUT2D eigenvalue weighted by molar-refractivity contribution is -0.111. The van der Waals surface area contributed by atoms with Crippen LogP contribution in [0, 0.1) is 0 Å². The van der Waals surface area contributed by atoms with Gasteiger partial charge in [-0.05, 0) is 62.1 Å². The summed E-state index contributed by atoms with van der Waals surface area (Å²) in [4.78, 5) is 14.6. The SMILES string of the molecule is COc1cc2oc3c(c2cc1/C(C)=C/C(=O)Nc1ccc(N(C)C)cc1)CCCC3. The molecule has 3 aromatic rings. The molecule has 1 aliphatic rings. The van der Waals surface area contributed by atoms with Gasteiger partial charge in [0.05, 0.1) is 7.11 Å². The lowest BCUT2D eigenvalue weighted by atomic mass is 9.94. The van der Waals surface area contributed by atoms with E-state index in [2.05, 4.69) is 11.4 Å². The number of nitrogens with zero attached hydrogens (tertiary/aromatic N) is 1. The molecule has 2 aromatic carbocycles. The first kappa shape index (κ1) is 20.1. The summed E-state index contributed by atoms with van der Waals surface area (Å²) in [6.45, 7) is 1.94. The summed E-state index contributed by atoms with van der Waals surface area (Å²) >= 11 is 0. The van der Waals surface area contributed by atoms with E-state index < -0.39 is 0 Å². The van der Waals surface area contributed by atoms with Gasteiger partial charge in [-0.3, -0.25) is 4.79 Å². The molecule has 1 N–H and O–H groups in total. The average molecular weight is 405 g/mol. The summed E-state index contributed by atoms with van der Waals surface area (Å²) < 4.78 is 11.7. The van der Waals surface area contributed by atoms with E-state index in [1.165, 1.54) is 18.4 Å². The molecule has 156 valence electrons. The number of aryl methyl sites for hydroxylation is 2. The molecule has 1 heterocycles. The van der Waals surface area contributed by atoms with Gasteiger partial charge in [0.1, 0.15) is 17.1 Å². The smallest absolute Gasteiger partial charge is 0.248 e. The lowest BCUT2D eigenvalue weighted by Gasteiger charge is -2.13. The van der Waals surface area contributed by atoms with Gasteiger partial charge in [0.2, 0.25) is 5.91 Å². The van der Waals surface area contributed by atoms with E-state index in [4.69, 9.17) is 9.15 Å². The number of methoxy groups -OCH3 is 1. The molecule has 0 saturated heterocycles. The summed E-state index contributed by atoms with van der Waals surface area (Å²) in [5.41, 5.74) is 5.78. The van der Waals surface area contributed by atoms with Gasteiger partial charge in [-0.25, -0.2) is 0 Å². The Kier molecular flexibility index (Phi) is 5.53. The van der Waals surface area contributed by atoms with Crippen LogP contribution in [0.3, 0.4) is 0 Å². The summed E-state index contributed by atoms with van der Waals surface area (Å²) in [6, 6.07) is 11.8. The fourth-order valence-electron chi connectivity index (χ4n) is 4.06. The fraction of sp³-hybridized carbons (Fsp3) is 0.320. The minimum Gasteiger partial charge on any atom is -0.496 e. The van der Waals surface area contributed by atoms with Crippen LogP contribution in [0.1, 0.15) is 36.7 Å². The zero-order valence-corrected chi connectivity index (χ0v) is 18.0. The molecule has 0 fully saturated rings. The molecular formula is C25H28N2O3. The first-order valence-corrected chi connectivity index (χ1v) is 10.4. The molecule has 1 aromatic heterocycles. The Bertz CT molecular complexity index is 1110. The number of carbonyl (C=O) groups is 1. The second-order valence-corrected chi connectivity index (χ2v) is 8.02. The number of allylic oxidation sites excluding steroid dienone is 1. The first-order chi connectivity index (χ1) is 14.5. The second-order valence-electron chi connectivity index (χ2n) is 8.02. The number of furan rings is 1. The lowest BCUT2D eigenvalue weighted by Crippen LogP contribution is -2.10. The van der Waals surface area contributed by atoms with E-state index in [-0.39, 0.29) is 5.91 Å². The van der Waals surface area contributed by atoms with Crippen LogP contribution in [-0.4, -0.2) is 27.1 Å². The van der Waals surface area contributed by atoms with Crippen LogP contribution < -0.4 is 15.0 Å². The van der Waals surface area contributed by atoms with Gasteiger partial charge in [0.15, 0.2) is 0 Å². The Morgan fingerprint density at radius 2 is 1.87 bits per heavy atom. The number of amides is 1. The van der Waals surface area contributed by atoms with Crippen LogP contribution >= 0.6 is 0 Å². The number of hydrogen-bond acceptors (Lipinski definition) is 4. The minimum atomic E-state index is -0.165. The Hall–Kier alpha value is -3.21. The highest BCUT2D eigenvalue weighted by Crippen LogP contribution is 2.37. The van der Waals surface area contributed by atoms with Crippen molar-refractivity contribution in [1.82, 2.24) is 0 Å². The molecule has 0 radical (unpaired) electrons. The Morgan fingerprint density at radius 3 is 2.57 bits per heavy atom. The maximum absolute atomic E-state index is 12.6. The van der Waals surface area contributed by atoms with Gasteiger partial charge in [-0.1, -0.05) is 0 Å². The van der Waals surface area contributed by atoms with Crippen LogP contribution in [0.15, 0.2) is 46.9 Å². The third kappa shape index (κ3) is 3.92. The number of rotatable bonds is 5. The predicted molar refractivity (Wildman–Crippen MR) is 122 cm³/mol. The van der Waals surface area contributed by atoms with Gasteiger partial charge < -0.3 is 19.4 Å². The largest absolute Gasteiger partial charge is 0.496 e. The molecule has 0 spiro atoms. The maximum atomic E-state index is 12.6. The van der Waals surface area contributed by atoms with Crippen molar-refractivity contribution in [1.29, 1.82) is 0 Å². The van der Waals surface area contributed by atoms with Crippen LogP contribution in [0.25, 0.3) is 16.5 Å². The fourth-order valence-corrected chi connectivity index (χ4v) is 4.06. The number of hydrogen-bond donors (Lipinski definition) is 1. The molecule has 0 aliphatic heterocycles. The van der Waals surface area contributed by atoms with Crippen molar-refractivity contribution >= 4 is 33.8 Å². The molecule has 1 amide bonds. The topological polar surface area (TPSA) is 54.7 Å². The van der Waals surface area contributed by atoms with Crippen LogP contribution in [0.2, 0.25) is 0 Å². The third-order valence-corrected chi connectivity index (χ3v) is 5.70. The molecule has 0 unspecified atom stereocenters. The molecule has 0 bridgehead atoms. The molecule has 1 aliphatic carbocycles. The number of ether oxygens (including phenoxy) is 1. The summed E-state index contributed by atoms with van der Waals surface area (Å²) in [7, 11) is 5.62. The normalized spacial score (nSPS) is 13.8. The molecule has 5 heteroatoms. The summed E-state index contributed by atoms with van der Waals surface area (Å²) in [5, 5.41) is 4.07. The second kappa shape index (κ2) is 8.27. The van der Waals surface area contributed by atoms with E-state index in [0.29, 0.717) is 5.75 Å². The maximum Gasteiger partial charge on any atom is 0.248 e. The van der Waals surface area contributed by atoms with E-state index in [9.17, 15) is 4.79 Å². The van der Waals surface area contributed by atoms with E-state index in [0.717, 1.165) is 52.1 Å². The Balaban J connectivity index is 1.61. The van der Waals surface area contributed by atoms with Crippen molar-refractivity contribution in [2.75, 3.05) is 31.4 Å². The Morgan fingerprint density at radius 1 is 1.13 bits per heavy atom. The summed E-state index contributed by atoms with van der Waals surface area (Å²) in [6.07, 6.45) is 6.01. The number of fused-ring (bicyclic) bond motifs is 3. The van der Waals surface area contributed by atoms with Gasteiger partial charge in [0, 0.05) is 60.5 Å². The number of nitrogens with one attached hydrogen (secondary N) is 1. The van der Waals surface area contributed by atoms with E-state index in [1.807, 2.05) is 56.3 Å². The van der Waals surface area contributed by atoms with Gasteiger partial charge in [0.25, 0.3) is 0 Å². The van der Waals surface area contributed by atoms with Gasteiger partial charge in [-0.2, -0.15) is 0 Å². The van der Waals surface area contributed by atoms with Crippen LogP contribution in [-0.2, 0) is 17.6 Å². The first-order valence-electron chi connectivity index (χ1n) is 10.4. The molecule has 5 nitrogen and oxygen atoms in total. The zero-order chi connectivity index (χ0) is 21.3. The standard InChI is InChI=1S/C25H28N2O3/c1-16(13-25(28)26-17-9-11-18(12-10-17)27(2)3)20-14-21-19-7-5-6-8-22(19)30-24(21)15-23(20)29-4/h9-15H,5-8H2,1-4H3,(H,26,28)/b16-13+. The highest BCUT2D eigenvalue weighted by molar-refractivity contribution is 6.04. The zero-order valence-electron chi connectivity index (χ0n) is 18.0. The third-order valence-electron chi connectivity index (χ3n) is 5.70. The molecule has 0 saturated carbocycles. The van der Waals surface area contributed by atoms with Crippen molar-refractivity contribution in [2.45, 2.75) is 32.6 Å². The highest BCUT2D eigenvalue weighted by Gasteiger charge is 2.20. The van der Waals surface area contributed by atoms with Gasteiger partial charge in [-0.15, -0.1) is 0 Å². The number of anilines is 2. The minimum absolute atomic E-state index is 0.165. The average Bonchev–Trinajstić information content (AvgIpc) is 3.10. The predicted octanol–water partition coefficient (Wildman–Crippen LogP) is 5.43. The van der Waals surface area contributed by atoms with Crippen molar-refractivity contribution in [2.24, 2.45) is 0 Å². The monoisotopic (exact) mass is 404 g/mol. The van der Waals surface area contributed by atoms with E-state index in [1.54, 1.807) is 13.2 Å². The van der Waals surface area contributed by atoms with Crippen molar-refractivity contribution < 1.29 is 13.9 Å². The van der Waals surface area contributed by atoms with Crippen molar-refractivity contribution in [3.63, 3.8) is 0 Å². The van der Waals surface area contributed by atoms with Crippen molar-refractivity contribution in [3.8, 4) is 5.75 Å². The Labute approximate surface area is 177 Å². The molecular weight excluding hydrogens is 376 g/mol. The molecule has 0 atom stereocenters. The highest BCUT2D eigenvalue weighted by atomic mass is 16.5. The summed E-state index contributed by atoms with van der Waals surface area (Å²) in [5.74, 6) is 1.64. The van der Waals surface area contributed by atoms with Crippen LogP contribution in [0.4, 0.5) is 11.4 Å². The molecule has 4 rings (SSSR count). The quantitative estimate of drug-likeness (QED) is 0.576.